The van der Waals surface area contributed by atoms with Crippen LogP contribution in [0.5, 0.6) is 0 Å². The highest BCUT2D eigenvalue weighted by molar-refractivity contribution is 5.69. The lowest BCUT2D eigenvalue weighted by Gasteiger charge is -2.26. The second-order valence-corrected chi connectivity index (χ2v) is 4.42. The molecule has 3 nitrogen and oxygen atoms in total. The maximum absolute atomic E-state index is 10.8. The highest BCUT2D eigenvalue weighted by Gasteiger charge is 2.21. The average molecular weight is 220 g/mol. The Balaban J connectivity index is 2.06. The Kier molecular flexibility index (Phi) is 3.25. The standard InChI is InChI=1S/C13H16O3/c1-9(13(14)15)5-10-3-2-4-11(6-10)12-7-16-8-12/h2-4,6,9,12H,5,7-8H2,1H3,(H,14,15). The highest BCUT2D eigenvalue weighted by atomic mass is 16.5. The molecule has 86 valence electrons. The molecule has 1 atom stereocenters. The van der Waals surface area contributed by atoms with E-state index in [0.29, 0.717) is 12.3 Å². The van der Waals surface area contributed by atoms with Crippen molar-refractivity contribution in [1.82, 2.24) is 0 Å². The predicted molar refractivity (Wildman–Crippen MR) is 60.5 cm³/mol. The molecule has 0 bridgehead atoms. The average Bonchev–Trinajstić information content (AvgIpc) is 2.15. The van der Waals surface area contributed by atoms with Crippen LogP contribution in [0.2, 0.25) is 0 Å². The largest absolute Gasteiger partial charge is 0.481 e. The van der Waals surface area contributed by atoms with Crippen LogP contribution in [0.15, 0.2) is 24.3 Å². The Labute approximate surface area is 95.0 Å². The second-order valence-electron chi connectivity index (χ2n) is 4.42. The van der Waals surface area contributed by atoms with E-state index in [1.54, 1.807) is 6.92 Å². The van der Waals surface area contributed by atoms with Crippen molar-refractivity contribution >= 4 is 5.97 Å². The quantitative estimate of drug-likeness (QED) is 0.844. The topological polar surface area (TPSA) is 46.5 Å². The monoisotopic (exact) mass is 220 g/mol. The van der Waals surface area contributed by atoms with Crippen molar-refractivity contribution < 1.29 is 14.6 Å². The first-order chi connectivity index (χ1) is 7.66. The summed E-state index contributed by atoms with van der Waals surface area (Å²) in [5.41, 5.74) is 2.36. The normalized spacial score (nSPS) is 17.8. The van der Waals surface area contributed by atoms with Crippen LogP contribution in [0.4, 0.5) is 0 Å². The molecule has 1 aromatic carbocycles. The molecule has 1 fully saturated rings. The lowest BCUT2D eigenvalue weighted by molar-refractivity contribution is -0.141. The first-order valence-electron chi connectivity index (χ1n) is 5.56. The number of carboxylic acid groups (broad SMARTS) is 1. The third-order valence-corrected chi connectivity index (χ3v) is 3.02. The van der Waals surface area contributed by atoms with Gasteiger partial charge in [-0.3, -0.25) is 4.79 Å². The lowest BCUT2D eigenvalue weighted by atomic mass is 9.93. The molecule has 1 aliphatic heterocycles. The van der Waals surface area contributed by atoms with Crippen molar-refractivity contribution in [2.45, 2.75) is 19.3 Å². The van der Waals surface area contributed by atoms with Gasteiger partial charge in [-0.1, -0.05) is 31.2 Å². The molecular weight excluding hydrogens is 204 g/mol. The minimum atomic E-state index is -0.739. The maximum atomic E-state index is 10.8. The number of ether oxygens (including phenoxy) is 1. The highest BCUT2D eigenvalue weighted by Crippen LogP contribution is 2.25. The first-order valence-corrected chi connectivity index (χ1v) is 5.56. The number of hydrogen-bond acceptors (Lipinski definition) is 2. The molecule has 0 radical (unpaired) electrons. The van der Waals surface area contributed by atoms with Crippen LogP contribution in [-0.4, -0.2) is 24.3 Å². The van der Waals surface area contributed by atoms with Crippen LogP contribution in [0.1, 0.15) is 24.0 Å². The van der Waals surface area contributed by atoms with Gasteiger partial charge in [-0.05, 0) is 17.5 Å². The second kappa shape index (κ2) is 4.66. The Morgan fingerprint density at radius 2 is 2.31 bits per heavy atom. The van der Waals surface area contributed by atoms with Gasteiger partial charge in [-0.2, -0.15) is 0 Å². The van der Waals surface area contributed by atoms with Crippen molar-refractivity contribution in [2.75, 3.05) is 13.2 Å². The SMILES string of the molecule is CC(Cc1cccc(C2COC2)c1)C(=O)O. The summed E-state index contributed by atoms with van der Waals surface area (Å²) in [5.74, 6) is -0.564. The van der Waals surface area contributed by atoms with Gasteiger partial charge in [-0.15, -0.1) is 0 Å². The van der Waals surface area contributed by atoms with E-state index in [4.69, 9.17) is 9.84 Å². The van der Waals surface area contributed by atoms with Gasteiger partial charge in [0, 0.05) is 5.92 Å². The molecule has 1 heterocycles. The molecule has 16 heavy (non-hydrogen) atoms. The van der Waals surface area contributed by atoms with Gasteiger partial charge in [0.2, 0.25) is 0 Å². The molecule has 1 saturated heterocycles. The van der Waals surface area contributed by atoms with E-state index >= 15 is 0 Å². The van der Waals surface area contributed by atoms with Crippen molar-refractivity contribution in [3.63, 3.8) is 0 Å². The van der Waals surface area contributed by atoms with Crippen LogP contribution in [0.25, 0.3) is 0 Å². The molecule has 1 unspecified atom stereocenters. The number of carbonyl (C=O) groups is 1. The van der Waals surface area contributed by atoms with Gasteiger partial charge in [0.25, 0.3) is 0 Å². The molecule has 1 aliphatic rings. The van der Waals surface area contributed by atoms with Crippen LogP contribution >= 0.6 is 0 Å². The smallest absolute Gasteiger partial charge is 0.306 e. The Morgan fingerprint density at radius 1 is 1.56 bits per heavy atom. The molecule has 1 N–H and O–H groups in total. The van der Waals surface area contributed by atoms with Gasteiger partial charge in [0.1, 0.15) is 0 Å². The molecule has 0 saturated carbocycles. The van der Waals surface area contributed by atoms with E-state index in [9.17, 15) is 4.79 Å². The van der Waals surface area contributed by atoms with Gasteiger partial charge in [0.15, 0.2) is 0 Å². The third kappa shape index (κ3) is 2.42. The van der Waals surface area contributed by atoms with Crippen molar-refractivity contribution in [2.24, 2.45) is 5.92 Å². The third-order valence-electron chi connectivity index (χ3n) is 3.02. The summed E-state index contributed by atoms with van der Waals surface area (Å²) in [5, 5.41) is 8.86. The number of rotatable bonds is 4. The predicted octanol–water partition coefficient (Wildman–Crippen LogP) is 2.06. The minimum Gasteiger partial charge on any atom is -0.481 e. The minimum absolute atomic E-state index is 0.326. The first kappa shape index (κ1) is 11.1. The van der Waals surface area contributed by atoms with E-state index in [0.717, 1.165) is 18.8 Å². The number of hydrogen-bond donors (Lipinski definition) is 1. The summed E-state index contributed by atoms with van der Waals surface area (Å²) in [7, 11) is 0. The molecule has 0 amide bonds. The Hall–Kier alpha value is -1.35. The van der Waals surface area contributed by atoms with E-state index in [-0.39, 0.29) is 5.92 Å². The van der Waals surface area contributed by atoms with Gasteiger partial charge < -0.3 is 9.84 Å². The summed E-state index contributed by atoms with van der Waals surface area (Å²) in [6.07, 6.45) is 0.594. The van der Waals surface area contributed by atoms with E-state index in [1.165, 1.54) is 5.56 Å². The number of benzene rings is 1. The Bertz CT molecular complexity index is 383. The zero-order chi connectivity index (χ0) is 11.5. The molecule has 0 spiro atoms. The lowest BCUT2D eigenvalue weighted by Crippen LogP contribution is -2.25. The fourth-order valence-electron chi connectivity index (χ4n) is 1.84. The summed E-state index contributed by atoms with van der Waals surface area (Å²) in [6.45, 7) is 3.32. The van der Waals surface area contributed by atoms with Crippen molar-refractivity contribution in [1.29, 1.82) is 0 Å². The molecule has 0 aliphatic carbocycles. The fraction of sp³-hybridized carbons (Fsp3) is 0.462. The summed E-state index contributed by atoms with van der Waals surface area (Å²) in [4.78, 5) is 10.8. The molecular formula is C13H16O3. The van der Waals surface area contributed by atoms with Gasteiger partial charge in [-0.25, -0.2) is 0 Å². The van der Waals surface area contributed by atoms with Crippen LogP contribution in [-0.2, 0) is 16.0 Å². The van der Waals surface area contributed by atoms with E-state index < -0.39 is 5.97 Å². The fourth-order valence-corrected chi connectivity index (χ4v) is 1.84. The van der Waals surface area contributed by atoms with E-state index in [1.807, 2.05) is 12.1 Å². The summed E-state index contributed by atoms with van der Waals surface area (Å²) >= 11 is 0. The zero-order valence-corrected chi connectivity index (χ0v) is 9.35. The number of carboxylic acids is 1. The molecule has 2 rings (SSSR count). The van der Waals surface area contributed by atoms with Crippen LogP contribution < -0.4 is 0 Å². The van der Waals surface area contributed by atoms with E-state index in [2.05, 4.69) is 12.1 Å². The molecule has 1 aromatic rings. The van der Waals surface area contributed by atoms with Crippen LogP contribution in [0.3, 0.4) is 0 Å². The van der Waals surface area contributed by atoms with Crippen molar-refractivity contribution in [3.8, 4) is 0 Å². The summed E-state index contributed by atoms with van der Waals surface area (Å²) in [6, 6.07) is 8.18. The molecule has 3 heteroatoms. The Morgan fingerprint density at radius 3 is 2.88 bits per heavy atom. The maximum Gasteiger partial charge on any atom is 0.306 e. The van der Waals surface area contributed by atoms with Gasteiger partial charge in [0.05, 0.1) is 19.1 Å². The van der Waals surface area contributed by atoms with Crippen LogP contribution in [0, 0.1) is 5.92 Å². The van der Waals surface area contributed by atoms with Gasteiger partial charge >= 0.3 is 5.97 Å². The zero-order valence-electron chi connectivity index (χ0n) is 9.35. The number of aliphatic carboxylic acids is 1. The van der Waals surface area contributed by atoms with Crippen molar-refractivity contribution in [3.05, 3.63) is 35.4 Å². The molecule has 0 aromatic heterocycles. The summed E-state index contributed by atoms with van der Waals surface area (Å²) < 4.78 is 5.15.